The van der Waals surface area contributed by atoms with Crippen LogP contribution >= 0.6 is 0 Å². The fourth-order valence-corrected chi connectivity index (χ4v) is 3.15. The van der Waals surface area contributed by atoms with Crippen molar-refractivity contribution in [3.63, 3.8) is 0 Å². The van der Waals surface area contributed by atoms with Gasteiger partial charge in [0.2, 0.25) is 5.69 Å². The summed E-state index contributed by atoms with van der Waals surface area (Å²) in [6.07, 6.45) is 2.05. The van der Waals surface area contributed by atoms with Gasteiger partial charge in [-0.3, -0.25) is 0 Å². The third kappa shape index (κ3) is 2.12. The van der Waals surface area contributed by atoms with Crippen LogP contribution in [0.4, 0.5) is 4.39 Å². The summed E-state index contributed by atoms with van der Waals surface area (Å²) < 4.78 is 21.6. The Balaban J connectivity index is 2.15. The summed E-state index contributed by atoms with van der Waals surface area (Å²) in [5.41, 5.74) is 5.88. The minimum absolute atomic E-state index is 0.282. The molecule has 0 bridgehead atoms. The summed E-state index contributed by atoms with van der Waals surface area (Å²) in [7, 11) is 2.02. The van der Waals surface area contributed by atoms with Gasteiger partial charge in [-0.1, -0.05) is 12.1 Å². The second-order valence-electron chi connectivity index (χ2n) is 6.08. The van der Waals surface area contributed by atoms with Crippen molar-refractivity contribution in [2.75, 3.05) is 0 Å². The van der Waals surface area contributed by atoms with Crippen LogP contribution in [0.2, 0.25) is 0 Å². The zero-order chi connectivity index (χ0) is 16.1. The van der Waals surface area contributed by atoms with Gasteiger partial charge in [0, 0.05) is 29.0 Å². The van der Waals surface area contributed by atoms with Gasteiger partial charge in [-0.25, -0.2) is 8.96 Å². The molecule has 0 N–H and O–H groups in total. The second-order valence-corrected chi connectivity index (χ2v) is 6.08. The van der Waals surface area contributed by atoms with Gasteiger partial charge in [0.1, 0.15) is 24.0 Å². The second kappa shape index (κ2) is 4.92. The Morgan fingerprint density at radius 2 is 1.74 bits per heavy atom. The van der Waals surface area contributed by atoms with Crippen LogP contribution in [-0.4, -0.2) is 0 Å². The van der Waals surface area contributed by atoms with Gasteiger partial charge >= 0.3 is 0 Å². The number of rotatable bonds is 1. The molecule has 2 aromatic heterocycles. The van der Waals surface area contributed by atoms with E-state index in [2.05, 4.69) is 36.6 Å². The number of fused-ring (bicyclic) bond motifs is 3. The lowest BCUT2D eigenvalue weighted by Gasteiger charge is -2.06. The summed E-state index contributed by atoms with van der Waals surface area (Å²) in [4.78, 5) is 0. The zero-order valence-corrected chi connectivity index (χ0v) is 13.4. The number of halogens is 1. The third-order valence-corrected chi connectivity index (χ3v) is 4.37. The van der Waals surface area contributed by atoms with Crippen molar-refractivity contribution in [2.45, 2.75) is 13.8 Å². The molecule has 3 heteroatoms. The summed E-state index contributed by atoms with van der Waals surface area (Å²) in [5, 5.41) is 1.96. The van der Waals surface area contributed by atoms with Gasteiger partial charge in [-0.2, -0.15) is 0 Å². The molecule has 114 valence electrons. The minimum Gasteiger partial charge on any atom is -0.455 e. The maximum absolute atomic E-state index is 13.5. The molecule has 0 aliphatic rings. The molecule has 2 heterocycles. The van der Waals surface area contributed by atoms with Crippen LogP contribution < -0.4 is 4.57 Å². The van der Waals surface area contributed by atoms with Gasteiger partial charge in [-0.15, -0.1) is 0 Å². The Labute approximate surface area is 133 Å². The number of hydrogen-bond acceptors (Lipinski definition) is 1. The summed E-state index contributed by atoms with van der Waals surface area (Å²) in [6.45, 7) is 4.15. The molecule has 2 aromatic carbocycles. The highest BCUT2D eigenvalue weighted by Gasteiger charge is 2.20. The van der Waals surface area contributed by atoms with Gasteiger partial charge in [0.25, 0.3) is 0 Å². The minimum atomic E-state index is -0.282. The fourth-order valence-electron chi connectivity index (χ4n) is 3.15. The summed E-state index contributed by atoms with van der Waals surface area (Å²) in [5.74, 6) is -0.282. The average Bonchev–Trinajstić information content (AvgIpc) is 2.87. The van der Waals surface area contributed by atoms with Crippen LogP contribution in [0.1, 0.15) is 11.1 Å². The molecule has 2 nitrogen and oxygen atoms in total. The smallest absolute Gasteiger partial charge is 0.216 e. The molecule has 0 fully saturated rings. The first-order chi connectivity index (χ1) is 11.0. The van der Waals surface area contributed by atoms with Gasteiger partial charge in [0.05, 0.1) is 5.56 Å². The monoisotopic (exact) mass is 306 g/mol. The molecule has 4 rings (SSSR count). The highest BCUT2D eigenvalue weighted by molar-refractivity contribution is 6.09. The van der Waals surface area contributed by atoms with E-state index in [1.165, 1.54) is 17.7 Å². The molecule has 0 aliphatic carbocycles. The molecule has 23 heavy (non-hydrogen) atoms. The predicted octanol–water partition coefficient (Wildman–Crippen LogP) is 4.83. The van der Waals surface area contributed by atoms with E-state index in [0.717, 1.165) is 33.2 Å². The Morgan fingerprint density at radius 1 is 0.957 bits per heavy atom. The Hall–Kier alpha value is -2.68. The molecular weight excluding hydrogens is 289 g/mol. The van der Waals surface area contributed by atoms with Crippen LogP contribution in [0, 0.1) is 19.7 Å². The number of nitrogens with zero attached hydrogens (tertiary/aromatic N) is 1. The first-order valence-corrected chi connectivity index (χ1v) is 7.62. The Morgan fingerprint density at radius 3 is 2.57 bits per heavy atom. The number of aryl methyl sites for hydroxylation is 3. The van der Waals surface area contributed by atoms with Crippen molar-refractivity contribution in [2.24, 2.45) is 7.05 Å². The lowest BCUT2D eigenvalue weighted by atomic mass is 10.00. The van der Waals surface area contributed by atoms with E-state index in [4.69, 9.17) is 4.42 Å². The normalized spacial score (nSPS) is 11.5. The van der Waals surface area contributed by atoms with Crippen molar-refractivity contribution in [1.29, 1.82) is 0 Å². The molecular formula is C20H17FNO+. The highest BCUT2D eigenvalue weighted by Crippen LogP contribution is 2.37. The number of aromatic nitrogens is 1. The lowest BCUT2D eigenvalue weighted by Crippen LogP contribution is -2.30. The summed E-state index contributed by atoms with van der Waals surface area (Å²) >= 11 is 0. The topological polar surface area (TPSA) is 17.0 Å². The largest absolute Gasteiger partial charge is 0.455 e. The van der Waals surface area contributed by atoms with Crippen molar-refractivity contribution in [1.82, 2.24) is 0 Å². The molecule has 0 radical (unpaired) electrons. The molecule has 0 atom stereocenters. The van der Waals surface area contributed by atoms with Crippen molar-refractivity contribution in [3.05, 3.63) is 65.6 Å². The van der Waals surface area contributed by atoms with Crippen molar-refractivity contribution < 1.29 is 13.4 Å². The molecule has 4 aromatic rings. The molecule has 0 saturated heterocycles. The van der Waals surface area contributed by atoms with E-state index in [1.807, 2.05) is 19.3 Å². The van der Waals surface area contributed by atoms with Crippen molar-refractivity contribution in [3.8, 4) is 11.3 Å². The van der Waals surface area contributed by atoms with Gasteiger partial charge in [0.15, 0.2) is 6.20 Å². The SMILES string of the molecule is Cc1cc[n+](C)c(-c2c(C)ccc3c2oc2cc(F)ccc23)c1. The molecule has 0 amide bonds. The zero-order valence-electron chi connectivity index (χ0n) is 13.4. The molecule has 0 saturated carbocycles. The van der Waals surface area contributed by atoms with Crippen LogP contribution in [0.5, 0.6) is 0 Å². The lowest BCUT2D eigenvalue weighted by molar-refractivity contribution is -0.660. The maximum Gasteiger partial charge on any atom is 0.216 e. The number of pyridine rings is 1. The Bertz CT molecular complexity index is 1060. The number of hydrogen-bond donors (Lipinski definition) is 0. The van der Waals surface area contributed by atoms with Crippen LogP contribution in [0.3, 0.4) is 0 Å². The summed E-state index contributed by atoms with van der Waals surface area (Å²) in [6, 6.07) is 13.1. The maximum atomic E-state index is 13.5. The van der Waals surface area contributed by atoms with Crippen LogP contribution in [-0.2, 0) is 7.05 Å². The quantitative estimate of drug-likeness (QED) is 0.460. The van der Waals surface area contributed by atoms with Gasteiger partial charge < -0.3 is 4.42 Å². The molecule has 0 unspecified atom stereocenters. The average molecular weight is 306 g/mol. The van der Waals surface area contributed by atoms with E-state index in [0.29, 0.717) is 5.58 Å². The predicted molar refractivity (Wildman–Crippen MR) is 89.8 cm³/mol. The van der Waals surface area contributed by atoms with E-state index in [-0.39, 0.29) is 5.82 Å². The molecule has 0 spiro atoms. The van der Waals surface area contributed by atoms with E-state index >= 15 is 0 Å². The first-order valence-electron chi connectivity index (χ1n) is 7.62. The van der Waals surface area contributed by atoms with E-state index in [1.54, 1.807) is 6.07 Å². The fraction of sp³-hybridized carbons (Fsp3) is 0.150. The third-order valence-electron chi connectivity index (χ3n) is 4.37. The van der Waals surface area contributed by atoms with Gasteiger partial charge in [-0.05, 0) is 37.1 Å². The number of benzene rings is 2. The highest BCUT2D eigenvalue weighted by atomic mass is 19.1. The Kier molecular flexibility index (Phi) is 2.98. The van der Waals surface area contributed by atoms with E-state index in [9.17, 15) is 4.39 Å². The van der Waals surface area contributed by atoms with Crippen LogP contribution in [0.15, 0.2) is 53.1 Å². The number of furan rings is 1. The van der Waals surface area contributed by atoms with Crippen molar-refractivity contribution >= 4 is 21.9 Å². The standard InChI is InChI=1S/C20H17FNO/c1-12-8-9-22(3)17(10-12)19-13(2)4-6-16-15-7-5-14(21)11-18(15)23-20(16)19/h4-11H,1-3H3/q+1. The first kappa shape index (κ1) is 13.9. The van der Waals surface area contributed by atoms with Crippen LogP contribution in [0.25, 0.3) is 33.2 Å². The molecule has 0 aliphatic heterocycles. The van der Waals surface area contributed by atoms with E-state index < -0.39 is 0 Å².